The number of anilines is 1. The molecule has 10 heteroatoms. The van der Waals surface area contributed by atoms with Crippen molar-refractivity contribution in [1.29, 1.82) is 0 Å². The minimum atomic E-state index is -0.254. The van der Waals surface area contributed by atoms with E-state index in [0.29, 0.717) is 38.4 Å². The molecule has 1 atom stereocenters. The largest absolute Gasteiger partial charge is 0.378 e. The molecule has 4 aromatic rings. The van der Waals surface area contributed by atoms with Gasteiger partial charge in [-0.05, 0) is 52.9 Å². The highest BCUT2D eigenvalue weighted by molar-refractivity contribution is 7.15. The summed E-state index contributed by atoms with van der Waals surface area (Å²) < 4.78 is 19.6. The summed E-state index contributed by atoms with van der Waals surface area (Å²) >= 11 is 3.16. The van der Waals surface area contributed by atoms with Gasteiger partial charge in [0, 0.05) is 42.3 Å². The number of ether oxygens (including phenoxy) is 1. The second-order valence-electron chi connectivity index (χ2n) is 9.76. The Morgan fingerprint density at radius 2 is 1.90 bits per heavy atom. The van der Waals surface area contributed by atoms with Crippen LogP contribution in [-0.4, -0.2) is 60.6 Å². The number of halogens is 1. The first-order valence-electron chi connectivity index (χ1n) is 12.5. The van der Waals surface area contributed by atoms with Gasteiger partial charge in [0.15, 0.2) is 0 Å². The second kappa shape index (κ2) is 13.1. The van der Waals surface area contributed by atoms with E-state index in [-0.39, 0.29) is 24.5 Å². The number of nitrogens with one attached hydrogen (secondary N) is 1. The minimum absolute atomic E-state index is 0. The van der Waals surface area contributed by atoms with Gasteiger partial charge in [0.2, 0.25) is 5.13 Å². The topological polar surface area (TPSA) is 84.4 Å². The maximum absolute atomic E-state index is 14.3. The van der Waals surface area contributed by atoms with Gasteiger partial charge < -0.3 is 19.7 Å². The van der Waals surface area contributed by atoms with Crippen LogP contribution in [-0.2, 0) is 9.53 Å². The van der Waals surface area contributed by atoms with Crippen LogP contribution in [0.15, 0.2) is 66.2 Å². The first-order valence-corrected chi connectivity index (χ1v) is 14.2. The molecule has 7 nitrogen and oxygen atoms in total. The van der Waals surface area contributed by atoms with Crippen molar-refractivity contribution in [1.82, 2.24) is 15.1 Å². The fourth-order valence-corrected chi connectivity index (χ4v) is 6.53. The second-order valence-corrected chi connectivity index (χ2v) is 11.7. The van der Waals surface area contributed by atoms with Crippen LogP contribution in [0.2, 0.25) is 0 Å². The number of nitrogens with zero attached hydrogens (tertiary/aromatic N) is 3. The Hall–Kier alpha value is -3.47. The summed E-state index contributed by atoms with van der Waals surface area (Å²) in [7, 11) is 0. The molecule has 206 valence electrons. The van der Waals surface area contributed by atoms with Gasteiger partial charge in [0.25, 0.3) is 5.91 Å². The van der Waals surface area contributed by atoms with Gasteiger partial charge in [0.1, 0.15) is 18.1 Å². The number of hydrogen-bond donors (Lipinski definition) is 1. The van der Waals surface area contributed by atoms with Crippen LogP contribution in [0, 0.1) is 11.2 Å². The van der Waals surface area contributed by atoms with Crippen LogP contribution >= 0.6 is 22.7 Å². The normalized spacial score (nSPS) is 14.3. The summed E-state index contributed by atoms with van der Waals surface area (Å²) in [4.78, 5) is 24.9. The lowest BCUT2D eigenvalue weighted by atomic mass is 9.74. The van der Waals surface area contributed by atoms with Crippen LogP contribution in [0.5, 0.6) is 0 Å². The third kappa shape index (κ3) is 6.95. The Morgan fingerprint density at radius 1 is 1.15 bits per heavy atom. The predicted octanol–water partition coefficient (Wildman–Crippen LogP) is 6.21. The van der Waals surface area contributed by atoms with E-state index in [2.05, 4.69) is 41.5 Å². The number of carbonyl (C=O) groups is 2. The monoisotopic (exact) mass is 568 g/mol. The quantitative estimate of drug-likeness (QED) is 0.272. The number of amides is 1. The molecular weight excluding hydrogens is 535 g/mol. The molecule has 0 unspecified atom stereocenters. The van der Waals surface area contributed by atoms with Crippen LogP contribution in [0.1, 0.15) is 42.0 Å². The van der Waals surface area contributed by atoms with Crippen LogP contribution in [0.25, 0.3) is 10.4 Å². The molecule has 1 aliphatic heterocycles. The number of rotatable bonds is 8. The molecule has 2 aromatic carbocycles. The van der Waals surface area contributed by atoms with Crippen LogP contribution in [0.4, 0.5) is 9.52 Å². The predicted molar refractivity (Wildman–Crippen MR) is 156 cm³/mol. The summed E-state index contributed by atoms with van der Waals surface area (Å²) in [5.74, 6) is -0.241. The Labute approximate surface area is 237 Å². The molecule has 0 aliphatic carbocycles. The number of morpholine rings is 1. The number of hydrogen-bond acceptors (Lipinski definition) is 8. The number of carbonyl (C=O) groups excluding carboxylic acids is 2. The third-order valence-corrected chi connectivity index (χ3v) is 8.49. The van der Waals surface area contributed by atoms with Gasteiger partial charge in [-0.3, -0.25) is 4.79 Å². The van der Waals surface area contributed by atoms with E-state index >= 15 is 0 Å². The highest BCUT2D eigenvalue weighted by Crippen LogP contribution is 2.45. The molecular formula is C29H33FN4O3S2. The maximum Gasteiger partial charge on any atom is 0.254 e. The van der Waals surface area contributed by atoms with Gasteiger partial charge in [0.05, 0.1) is 13.2 Å². The molecule has 39 heavy (non-hydrogen) atoms. The van der Waals surface area contributed by atoms with E-state index < -0.39 is 0 Å². The number of aromatic nitrogens is 2. The average molecular weight is 569 g/mol. The van der Waals surface area contributed by atoms with E-state index in [0.717, 1.165) is 26.0 Å². The van der Waals surface area contributed by atoms with Crippen molar-refractivity contribution in [2.75, 3.05) is 38.2 Å². The van der Waals surface area contributed by atoms with Crippen molar-refractivity contribution in [2.45, 2.75) is 19.8 Å². The molecule has 1 aliphatic rings. The Bertz CT molecular complexity index is 1360. The van der Waals surface area contributed by atoms with Gasteiger partial charge in [-0.25, -0.2) is 4.39 Å². The first kappa shape index (κ1) is 28.5. The highest BCUT2D eigenvalue weighted by atomic mass is 32.1. The zero-order chi connectivity index (χ0) is 27.8. The van der Waals surface area contributed by atoms with Gasteiger partial charge >= 0.3 is 0 Å². The minimum Gasteiger partial charge on any atom is -0.378 e. The van der Waals surface area contributed by atoms with Crippen molar-refractivity contribution in [3.05, 3.63) is 88.0 Å². The van der Waals surface area contributed by atoms with E-state index in [1.54, 1.807) is 29.0 Å². The SMILES string of the molecule is C=O.CC(C)(CNc1nncs1)[C@H](c1cccc(F)c1)c1ccc(-c2ccc(C(=O)N3CCOCC3)cc2)s1.[HH]. The molecule has 0 bridgehead atoms. The zero-order valence-electron chi connectivity index (χ0n) is 21.9. The Kier molecular flexibility index (Phi) is 9.55. The van der Waals surface area contributed by atoms with Crippen LogP contribution < -0.4 is 5.32 Å². The highest BCUT2D eigenvalue weighted by Gasteiger charge is 2.34. The molecule has 3 heterocycles. The standard InChI is InChI=1S/C28H29FN4O2S2.CH2O.H2/c1-28(2,17-30-27-32-31-18-36-27)25(21-4-3-5-22(29)16-21)24-11-10-23(37-24)19-6-8-20(9-7-19)26(34)33-12-14-35-15-13-33;1-2;/h3-11,16,18,25H,12-15,17H2,1-2H3,(H,30,32);1H2;1H/t25-;;/m1../s1. The first-order chi connectivity index (χ1) is 18.9. The molecule has 5 rings (SSSR count). The van der Waals surface area contributed by atoms with E-state index in [4.69, 9.17) is 9.53 Å². The number of benzene rings is 2. The van der Waals surface area contributed by atoms with Gasteiger partial charge in [-0.1, -0.05) is 49.4 Å². The molecule has 0 spiro atoms. The van der Waals surface area contributed by atoms with Gasteiger partial charge in [-0.15, -0.1) is 21.5 Å². The average Bonchev–Trinajstić information content (AvgIpc) is 3.66. The fraction of sp³-hybridized carbons (Fsp3) is 0.310. The zero-order valence-corrected chi connectivity index (χ0v) is 23.6. The summed E-state index contributed by atoms with van der Waals surface area (Å²) in [6.07, 6.45) is 0. The Balaban J connectivity index is 0.00000144. The van der Waals surface area contributed by atoms with E-state index in [1.165, 1.54) is 17.4 Å². The van der Waals surface area contributed by atoms with Crippen LogP contribution in [0.3, 0.4) is 0 Å². The molecule has 1 fully saturated rings. The van der Waals surface area contributed by atoms with E-state index in [9.17, 15) is 9.18 Å². The summed E-state index contributed by atoms with van der Waals surface area (Å²) in [5, 5.41) is 12.2. The molecule has 1 saturated heterocycles. The summed E-state index contributed by atoms with van der Waals surface area (Å²) in [6.45, 7) is 9.43. The number of thiophene rings is 1. The van der Waals surface area contributed by atoms with Crippen molar-refractivity contribution in [3.63, 3.8) is 0 Å². The summed E-state index contributed by atoms with van der Waals surface area (Å²) in [5.41, 5.74) is 4.12. The molecule has 2 aromatic heterocycles. The fourth-order valence-electron chi connectivity index (χ4n) is 4.73. The third-order valence-electron chi connectivity index (χ3n) is 6.64. The van der Waals surface area contributed by atoms with Crippen molar-refractivity contribution in [3.8, 4) is 10.4 Å². The smallest absolute Gasteiger partial charge is 0.254 e. The lowest BCUT2D eigenvalue weighted by Gasteiger charge is -2.34. The van der Waals surface area contributed by atoms with E-state index in [1.807, 2.05) is 42.0 Å². The molecule has 1 N–H and O–H groups in total. The van der Waals surface area contributed by atoms with Gasteiger partial charge in [-0.2, -0.15) is 0 Å². The molecule has 0 saturated carbocycles. The lowest BCUT2D eigenvalue weighted by molar-refractivity contribution is -0.0980. The molecule has 1 amide bonds. The van der Waals surface area contributed by atoms with Crippen molar-refractivity contribution >= 4 is 40.5 Å². The summed E-state index contributed by atoms with van der Waals surface area (Å²) in [6, 6.07) is 18.9. The Morgan fingerprint density at radius 3 is 2.56 bits per heavy atom. The maximum atomic E-state index is 14.3. The molecule has 0 radical (unpaired) electrons. The lowest BCUT2D eigenvalue weighted by Crippen LogP contribution is -2.40. The van der Waals surface area contributed by atoms with Crippen molar-refractivity contribution < 1.29 is 20.1 Å². The van der Waals surface area contributed by atoms with Crippen molar-refractivity contribution in [2.24, 2.45) is 5.41 Å².